The standard InChI is InChI=1S/C19H19NO4S2/c1-23-14-2-4-15(5-3-14)24-11-18(21)20-10-16-6-7-17(26-16)19(22)13-8-9-25-12-13/h2-9,12,19,22H,10-11H2,1H3,(H,20,21). The number of aliphatic hydroxyl groups is 1. The van der Waals surface area contributed by atoms with Gasteiger partial charge in [-0.05, 0) is 58.8 Å². The second-order valence-corrected chi connectivity index (χ2v) is 7.48. The van der Waals surface area contributed by atoms with E-state index in [0.717, 1.165) is 21.1 Å². The Kier molecular flexibility index (Phi) is 6.27. The predicted molar refractivity (Wildman–Crippen MR) is 103 cm³/mol. The molecular weight excluding hydrogens is 370 g/mol. The van der Waals surface area contributed by atoms with Crippen LogP contribution in [-0.4, -0.2) is 24.7 Å². The predicted octanol–water partition coefficient (Wildman–Crippen LogP) is 3.60. The number of thiophene rings is 2. The molecule has 1 amide bonds. The Hall–Kier alpha value is -2.35. The molecule has 0 radical (unpaired) electrons. The number of carbonyl (C=O) groups is 1. The molecule has 7 heteroatoms. The van der Waals surface area contributed by atoms with Crippen LogP contribution < -0.4 is 14.8 Å². The van der Waals surface area contributed by atoms with Crippen LogP contribution >= 0.6 is 22.7 Å². The molecule has 3 aromatic rings. The third kappa shape index (κ3) is 4.85. The topological polar surface area (TPSA) is 67.8 Å². The molecule has 1 unspecified atom stereocenters. The van der Waals surface area contributed by atoms with Gasteiger partial charge in [0.25, 0.3) is 5.91 Å². The molecule has 5 nitrogen and oxygen atoms in total. The summed E-state index contributed by atoms with van der Waals surface area (Å²) in [5.41, 5.74) is 0.889. The summed E-state index contributed by atoms with van der Waals surface area (Å²) in [5.74, 6) is 1.15. The van der Waals surface area contributed by atoms with Crippen LogP contribution in [0.1, 0.15) is 21.4 Å². The van der Waals surface area contributed by atoms with Crippen LogP contribution in [0.25, 0.3) is 0 Å². The minimum absolute atomic E-state index is 0.0535. The van der Waals surface area contributed by atoms with Crippen LogP contribution in [0.3, 0.4) is 0 Å². The molecule has 0 fully saturated rings. The summed E-state index contributed by atoms with van der Waals surface area (Å²) in [4.78, 5) is 13.8. The summed E-state index contributed by atoms with van der Waals surface area (Å²) in [6, 6.07) is 12.8. The Balaban J connectivity index is 1.45. The number of nitrogens with one attached hydrogen (secondary N) is 1. The van der Waals surface area contributed by atoms with E-state index >= 15 is 0 Å². The first-order valence-corrected chi connectivity index (χ1v) is 9.74. The number of ether oxygens (including phenoxy) is 2. The highest BCUT2D eigenvalue weighted by Gasteiger charge is 2.13. The van der Waals surface area contributed by atoms with Crippen molar-refractivity contribution in [1.29, 1.82) is 0 Å². The second-order valence-electron chi connectivity index (χ2n) is 5.50. The van der Waals surface area contributed by atoms with Gasteiger partial charge < -0.3 is 19.9 Å². The molecule has 2 N–H and O–H groups in total. The van der Waals surface area contributed by atoms with Crippen LogP contribution in [0.2, 0.25) is 0 Å². The number of carbonyl (C=O) groups excluding carboxylic acids is 1. The molecule has 2 aromatic heterocycles. The molecule has 0 bridgehead atoms. The fraction of sp³-hybridized carbons (Fsp3) is 0.211. The van der Waals surface area contributed by atoms with Crippen molar-refractivity contribution >= 4 is 28.6 Å². The Labute approximate surface area is 159 Å². The lowest BCUT2D eigenvalue weighted by Crippen LogP contribution is -2.28. The van der Waals surface area contributed by atoms with Gasteiger partial charge in [0.15, 0.2) is 6.61 Å². The largest absolute Gasteiger partial charge is 0.497 e. The second kappa shape index (κ2) is 8.84. The van der Waals surface area contributed by atoms with Crippen molar-refractivity contribution in [3.63, 3.8) is 0 Å². The zero-order valence-electron chi connectivity index (χ0n) is 14.2. The van der Waals surface area contributed by atoms with Gasteiger partial charge in [0.05, 0.1) is 13.7 Å². The Morgan fingerprint density at radius 1 is 1.15 bits per heavy atom. The molecule has 136 valence electrons. The van der Waals surface area contributed by atoms with Gasteiger partial charge in [0.1, 0.15) is 17.6 Å². The lowest BCUT2D eigenvalue weighted by Gasteiger charge is -2.08. The molecular formula is C19H19NO4S2. The van der Waals surface area contributed by atoms with Gasteiger partial charge in [0.2, 0.25) is 0 Å². The number of rotatable bonds is 8. The van der Waals surface area contributed by atoms with E-state index in [1.807, 2.05) is 29.0 Å². The van der Waals surface area contributed by atoms with E-state index in [4.69, 9.17) is 9.47 Å². The van der Waals surface area contributed by atoms with E-state index in [-0.39, 0.29) is 12.5 Å². The summed E-state index contributed by atoms with van der Waals surface area (Å²) in [5, 5.41) is 17.0. The number of aliphatic hydroxyl groups excluding tert-OH is 1. The number of benzene rings is 1. The molecule has 0 aliphatic carbocycles. The zero-order valence-corrected chi connectivity index (χ0v) is 15.8. The van der Waals surface area contributed by atoms with E-state index in [0.29, 0.717) is 12.3 Å². The smallest absolute Gasteiger partial charge is 0.258 e. The molecule has 3 rings (SSSR count). The first-order valence-electron chi connectivity index (χ1n) is 7.98. The Morgan fingerprint density at radius 3 is 2.62 bits per heavy atom. The van der Waals surface area contributed by atoms with Gasteiger partial charge in [-0.3, -0.25) is 4.79 Å². The SMILES string of the molecule is COc1ccc(OCC(=O)NCc2ccc(C(O)c3ccsc3)s2)cc1. The van der Waals surface area contributed by atoms with E-state index in [9.17, 15) is 9.90 Å². The maximum Gasteiger partial charge on any atom is 0.258 e. The lowest BCUT2D eigenvalue weighted by molar-refractivity contribution is -0.123. The van der Waals surface area contributed by atoms with E-state index < -0.39 is 6.10 Å². The van der Waals surface area contributed by atoms with E-state index in [2.05, 4.69) is 5.32 Å². The van der Waals surface area contributed by atoms with Gasteiger partial charge in [-0.2, -0.15) is 11.3 Å². The highest BCUT2D eigenvalue weighted by atomic mass is 32.1. The van der Waals surface area contributed by atoms with Crippen molar-refractivity contribution in [2.24, 2.45) is 0 Å². The van der Waals surface area contributed by atoms with Gasteiger partial charge in [-0.25, -0.2) is 0 Å². The van der Waals surface area contributed by atoms with Gasteiger partial charge in [0, 0.05) is 9.75 Å². The normalized spacial score (nSPS) is 11.8. The minimum Gasteiger partial charge on any atom is -0.497 e. The average Bonchev–Trinajstić information content (AvgIpc) is 3.36. The zero-order chi connectivity index (χ0) is 18.4. The summed E-state index contributed by atoms with van der Waals surface area (Å²) in [7, 11) is 1.60. The molecule has 0 aliphatic heterocycles. The number of amides is 1. The van der Waals surface area contributed by atoms with Crippen LogP contribution in [-0.2, 0) is 11.3 Å². The van der Waals surface area contributed by atoms with Gasteiger partial charge >= 0.3 is 0 Å². The van der Waals surface area contributed by atoms with Crippen molar-refractivity contribution in [2.45, 2.75) is 12.6 Å². The van der Waals surface area contributed by atoms with Crippen LogP contribution in [0.5, 0.6) is 11.5 Å². The van der Waals surface area contributed by atoms with Crippen LogP contribution in [0, 0.1) is 0 Å². The fourth-order valence-electron chi connectivity index (χ4n) is 2.29. The molecule has 1 atom stereocenters. The molecule has 0 saturated carbocycles. The monoisotopic (exact) mass is 389 g/mol. The molecule has 1 aromatic carbocycles. The van der Waals surface area contributed by atoms with E-state index in [1.54, 1.807) is 42.7 Å². The number of hydrogen-bond donors (Lipinski definition) is 2. The quantitative estimate of drug-likeness (QED) is 0.618. The third-order valence-corrected chi connectivity index (χ3v) is 5.54. The van der Waals surface area contributed by atoms with Crippen molar-refractivity contribution in [3.05, 3.63) is 68.5 Å². The summed E-state index contributed by atoms with van der Waals surface area (Å²) in [6.45, 7) is 0.355. The lowest BCUT2D eigenvalue weighted by atomic mass is 10.2. The maximum atomic E-state index is 11.9. The first-order chi connectivity index (χ1) is 12.7. The van der Waals surface area contributed by atoms with Crippen LogP contribution in [0.4, 0.5) is 0 Å². The molecule has 0 aliphatic rings. The van der Waals surface area contributed by atoms with Crippen LogP contribution in [0.15, 0.2) is 53.2 Å². The molecule has 0 saturated heterocycles. The van der Waals surface area contributed by atoms with Crippen molar-refractivity contribution in [3.8, 4) is 11.5 Å². The molecule has 2 heterocycles. The summed E-state index contributed by atoms with van der Waals surface area (Å²) < 4.78 is 10.5. The summed E-state index contributed by atoms with van der Waals surface area (Å²) in [6.07, 6.45) is -0.617. The Morgan fingerprint density at radius 2 is 1.92 bits per heavy atom. The van der Waals surface area contributed by atoms with E-state index in [1.165, 1.54) is 11.3 Å². The molecule has 26 heavy (non-hydrogen) atoms. The highest BCUT2D eigenvalue weighted by Crippen LogP contribution is 2.29. The van der Waals surface area contributed by atoms with Crippen molar-refractivity contribution in [1.82, 2.24) is 5.32 Å². The van der Waals surface area contributed by atoms with Crippen molar-refractivity contribution in [2.75, 3.05) is 13.7 Å². The van der Waals surface area contributed by atoms with Gasteiger partial charge in [-0.15, -0.1) is 11.3 Å². The first kappa shape index (κ1) is 18.4. The third-order valence-electron chi connectivity index (χ3n) is 3.70. The van der Waals surface area contributed by atoms with Gasteiger partial charge in [-0.1, -0.05) is 0 Å². The Bertz CT molecular complexity index is 828. The average molecular weight is 389 g/mol. The summed E-state index contributed by atoms with van der Waals surface area (Å²) >= 11 is 3.04. The highest BCUT2D eigenvalue weighted by molar-refractivity contribution is 7.12. The maximum absolute atomic E-state index is 11.9. The minimum atomic E-state index is -0.617. The molecule has 0 spiro atoms. The fourth-order valence-corrected chi connectivity index (χ4v) is 3.93. The number of hydrogen-bond acceptors (Lipinski definition) is 6. The van der Waals surface area contributed by atoms with Crippen molar-refractivity contribution < 1.29 is 19.4 Å². The number of methoxy groups -OCH3 is 1.